The Bertz CT molecular complexity index is 637. The molecular formula is C17H21N3O2S. The monoisotopic (exact) mass is 331 g/mol. The van der Waals surface area contributed by atoms with Gasteiger partial charge in [-0.15, -0.1) is 0 Å². The van der Waals surface area contributed by atoms with Crippen molar-refractivity contribution < 1.29 is 9.15 Å². The van der Waals surface area contributed by atoms with Crippen molar-refractivity contribution in [3.05, 3.63) is 48.4 Å². The summed E-state index contributed by atoms with van der Waals surface area (Å²) in [6, 6.07) is 11.7. The first-order valence-corrected chi connectivity index (χ1v) is 8.10. The van der Waals surface area contributed by atoms with E-state index in [0.29, 0.717) is 0 Å². The fourth-order valence-corrected chi connectivity index (χ4v) is 2.94. The Morgan fingerprint density at radius 2 is 2.04 bits per heavy atom. The molecule has 2 aromatic rings. The summed E-state index contributed by atoms with van der Waals surface area (Å²) in [5.74, 6) is 1.83. The molecule has 1 saturated heterocycles. The Morgan fingerprint density at radius 1 is 1.22 bits per heavy atom. The van der Waals surface area contributed by atoms with Crippen LogP contribution in [0.5, 0.6) is 5.75 Å². The molecule has 2 heterocycles. The van der Waals surface area contributed by atoms with Gasteiger partial charge in [-0.1, -0.05) is 6.07 Å². The molecule has 0 atom stereocenters. The van der Waals surface area contributed by atoms with Crippen LogP contribution >= 0.6 is 12.2 Å². The number of piperazine rings is 1. The zero-order valence-corrected chi connectivity index (χ0v) is 14.0. The lowest BCUT2D eigenvalue weighted by Gasteiger charge is -2.35. The van der Waals surface area contributed by atoms with E-state index in [1.807, 2.05) is 36.4 Å². The van der Waals surface area contributed by atoms with Crippen LogP contribution in [-0.4, -0.2) is 48.2 Å². The largest absolute Gasteiger partial charge is 0.497 e. The fraction of sp³-hybridized carbons (Fsp3) is 0.353. The minimum absolute atomic E-state index is 0.760. The Kier molecular flexibility index (Phi) is 5.15. The Hall–Kier alpha value is -2.05. The van der Waals surface area contributed by atoms with Crippen molar-refractivity contribution in [2.45, 2.75) is 6.54 Å². The molecule has 1 fully saturated rings. The SMILES string of the molecule is COc1cccc(NC(=S)N2CCN(Cc3ccco3)CC2)c1. The quantitative estimate of drug-likeness (QED) is 0.869. The summed E-state index contributed by atoms with van der Waals surface area (Å²) in [5, 5.41) is 4.05. The summed E-state index contributed by atoms with van der Waals surface area (Å²) in [4.78, 5) is 4.58. The second kappa shape index (κ2) is 7.48. The summed E-state index contributed by atoms with van der Waals surface area (Å²) < 4.78 is 10.6. The summed E-state index contributed by atoms with van der Waals surface area (Å²) in [6.45, 7) is 4.63. The van der Waals surface area contributed by atoms with Crippen LogP contribution in [0, 0.1) is 0 Å². The van der Waals surface area contributed by atoms with Crippen molar-refractivity contribution in [3.63, 3.8) is 0 Å². The first kappa shape index (κ1) is 15.8. The van der Waals surface area contributed by atoms with Crippen LogP contribution in [0.3, 0.4) is 0 Å². The van der Waals surface area contributed by atoms with Gasteiger partial charge in [0, 0.05) is 37.9 Å². The van der Waals surface area contributed by atoms with Crippen LogP contribution in [0.15, 0.2) is 47.1 Å². The number of hydrogen-bond donors (Lipinski definition) is 1. The molecule has 6 heteroatoms. The number of furan rings is 1. The summed E-state index contributed by atoms with van der Waals surface area (Å²) in [7, 11) is 1.66. The van der Waals surface area contributed by atoms with Crippen molar-refractivity contribution in [2.24, 2.45) is 0 Å². The number of anilines is 1. The number of hydrogen-bond acceptors (Lipinski definition) is 4. The van der Waals surface area contributed by atoms with E-state index in [4.69, 9.17) is 21.4 Å². The van der Waals surface area contributed by atoms with Crippen molar-refractivity contribution in [2.75, 3.05) is 38.6 Å². The maximum absolute atomic E-state index is 5.53. The number of nitrogens with one attached hydrogen (secondary N) is 1. The smallest absolute Gasteiger partial charge is 0.173 e. The van der Waals surface area contributed by atoms with E-state index in [1.54, 1.807) is 13.4 Å². The van der Waals surface area contributed by atoms with E-state index < -0.39 is 0 Å². The number of methoxy groups -OCH3 is 1. The zero-order chi connectivity index (χ0) is 16.1. The normalized spacial score (nSPS) is 15.4. The average molecular weight is 331 g/mol. The third kappa shape index (κ3) is 4.24. The van der Waals surface area contributed by atoms with E-state index in [1.165, 1.54) is 0 Å². The predicted molar refractivity (Wildman–Crippen MR) is 94.8 cm³/mol. The van der Waals surface area contributed by atoms with Gasteiger partial charge >= 0.3 is 0 Å². The van der Waals surface area contributed by atoms with Crippen LogP contribution in [0.4, 0.5) is 5.69 Å². The van der Waals surface area contributed by atoms with Gasteiger partial charge in [0.1, 0.15) is 11.5 Å². The minimum Gasteiger partial charge on any atom is -0.497 e. The highest BCUT2D eigenvalue weighted by atomic mass is 32.1. The Labute approximate surface area is 141 Å². The maximum Gasteiger partial charge on any atom is 0.173 e. The lowest BCUT2D eigenvalue weighted by atomic mass is 10.3. The number of thiocarbonyl (C=S) groups is 1. The molecular weight excluding hydrogens is 310 g/mol. The predicted octanol–water partition coefficient (Wildman–Crippen LogP) is 2.80. The van der Waals surface area contributed by atoms with Gasteiger partial charge in [0.25, 0.3) is 0 Å². The summed E-state index contributed by atoms with van der Waals surface area (Å²) >= 11 is 5.53. The van der Waals surface area contributed by atoms with Gasteiger partial charge in [-0.3, -0.25) is 4.90 Å². The Balaban J connectivity index is 1.49. The first-order chi connectivity index (χ1) is 11.2. The molecule has 5 nitrogen and oxygen atoms in total. The number of benzene rings is 1. The van der Waals surface area contributed by atoms with E-state index in [9.17, 15) is 0 Å². The number of ether oxygens (including phenoxy) is 1. The van der Waals surface area contributed by atoms with Crippen molar-refractivity contribution in [3.8, 4) is 5.75 Å². The lowest BCUT2D eigenvalue weighted by Crippen LogP contribution is -2.49. The Morgan fingerprint density at radius 3 is 2.74 bits per heavy atom. The van der Waals surface area contributed by atoms with Crippen LogP contribution < -0.4 is 10.1 Å². The molecule has 1 aromatic heterocycles. The molecule has 1 N–H and O–H groups in total. The van der Waals surface area contributed by atoms with Crippen molar-refractivity contribution in [1.82, 2.24) is 9.80 Å². The number of nitrogens with zero attached hydrogens (tertiary/aromatic N) is 2. The zero-order valence-electron chi connectivity index (χ0n) is 13.2. The molecule has 1 aliphatic rings. The summed E-state index contributed by atoms with van der Waals surface area (Å²) in [6.07, 6.45) is 1.72. The highest BCUT2D eigenvalue weighted by molar-refractivity contribution is 7.80. The van der Waals surface area contributed by atoms with Crippen LogP contribution in [0.25, 0.3) is 0 Å². The molecule has 0 saturated carbocycles. The summed E-state index contributed by atoms with van der Waals surface area (Å²) in [5.41, 5.74) is 0.951. The van der Waals surface area contributed by atoms with Gasteiger partial charge in [-0.25, -0.2) is 0 Å². The molecule has 0 radical (unpaired) electrons. The van der Waals surface area contributed by atoms with Crippen molar-refractivity contribution >= 4 is 23.0 Å². The highest BCUT2D eigenvalue weighted by Crippen LogP contribution is 2.17. The molecule has 0 amide bonds. The van der Waals surface area contributed by atoms with Gasteiger partial charge in [-0.2, -0.15) is 0 Å². The topological polar surface area (TPSA) is 40.9 Å². The van der Waals surface area contributed by atoms with E-state index in [0.717, 1.165) is 55.0 Å². The molecule has 0 bridgehead atoms. The van der Waals surface area contributed by atoms with Crippen LogP contribution in [0.2, 0.25) is 0 Å². The molecule has 1 aliphatic heterocycles. The molecule has 0 spiro atoms. The number of rotatable bonds is 4. The van der Waals surface area contributed by atoms with Gasteiger partial charge in [0.15, 0.2) is 5.11 Å². The second-order valence-corrected chi connectivity index (χ2v) is 5.89. The lowest BCUT2D eigenvalue weighted by molar-refractivity contribution is 0.166. The third-order valence-electron chi connectivity index (χ3n) is 3.94. The van der Waals surface area contributed by atoms with Gasteiger partial charge in [0.2, 0.25) is 0 Å². The van der Waals surface area contributed by atoms with Gasteiger partial charge in [0.05, 0.1) is 19.9 Å². The van der Waals surface area contributed by atoms with Crippen LogP contribution in [0.1, 0.15) is 5.76 Å². The molecule has 23 heavy (non-hydrogen) atoms. The molecule has 0 aliphatic carbocycles. The fourth-order valence-electron chi connectivity index (χ4n) is 2.64. The molecule has 0 unspecified atom stereocenters. The second-order valence-electron chi connectivity index (χ2n) is 5.50. The highest BCUT2D eigenvalue weighted by Gasteiger charge is 2.19. The first-order valence-electron chi connectivity index (χ1n) is 7.69. The maximum atomic E-state index is 5.53. The van der Waals surface area contributed by atoms with E-state index in [2.05, 4.69) is 15.1 Å². The van der Waals surface area contributed by atoms with Crippen molar-refractivity contribution in [1.29, 1.82) is 0 Å². The standard InChI is InChI=1S/C17H21N3O2S/c1-21-15-5-2-4-14(12-15)18-17(23)20-9-7-19(8-10-20)13-16-6-3-11-22-16/h2-6,11-12H,7-10,13H2,1H3,(H,18,23). The van der Waals surface area contributed by atoms with E-state index >= 15 is 0 Å². The van der Waals surface area contributed by atoms with E-state index in [-0.39, 0.29) is 0 Å². The third-order valence-corrected chi connectivity index (χ3v) is 4.30. The molecule has 3 rings (SSSR count). The molecule has 1 aromatic carbocycles. The van der Waals surface area contributed by atoms with Gasteiger partial charge < -0.3 is 19.4 Å². The van der Waals surface area contributed by atoms with Gasteiger partial charge in [-0.05, 0) is 36.5 Å². The minimum atomic E-state index is 0.760. The average Bonchev–Trinajstić information content (AvgIpc) is 3.08. The molecule has 122 valence electrons. The van der Waals surface area contributed by atoms with Crippen LogP contribution in [-0.2, 0) is 6.54 Å².